The lowest BCUT2D eigenvalue weighted by Crippen LogP contribution is -2.26. The van der Waals surface area contributed by atoms with Crippen molar-refractivity contribution in [2.45, 2.75) is 13.1 Å². The third-order valence-electron chi connectivity index (χ3n) is 4.51. The minimum absolute atomic E-state index is 0.0791. The molecule has 2 aromatic carbocycles. The number of aliphatic hydroxyl groups excluding tert-OH is 1. The van der Waals surface area contributed by atoms with Gasteiger partial charge in [-0.15, -0.1) is 0 Å². The van der Waals surface area contributed by atoms with Crippen molar-refractivity contribution in [2.75, 3.05) is 13.2 Å². The van der Waals surface area contributed by atoms with Crippen molar-refractivity contribution in [2.24, 2.45) is 7.05 Å². The monoisotopic (exact) mass is 353 g/mol. The Hall–Kier alpha value is -2.67. The maximum atomic E-state index is 11.4. The van der Waals surface area contributed by atoms with E-state index in [1.807, 2.05) is 31.3 Å². The van der Waals surface area contributed by atoms with Crippen LogP contribution in [0.25, 0.3) is 10.9 Å². The second-order valence-corrected chi connectivity index (χ2v) is 6.35. The molecule has 6 heteroatoms. The molecule has 1 amide bonds. The summed E-state index contributed by atoms with van der Waals surface area (Å²) >= 11 is 0. The molecule has 0 aliphatic rings. The van der Waals surface area contributed by atoms with Gasteiger partial charge < -0.3 is 9.67 Å². The van der Waals surface area contributed by atoms with Crippen molar-refractivity contribution >= 4 is 16.8 Å². The number of benzene rings is 2. The summed E-state index contributed by atoms with van der Waals surface area (Å²) in [6, 6.07) is 15.3. The number of aryl methyl sites for hydroxylation is 1. The molecular weight excluding hydrogens is 330 g/mol. The summed E-state index contributed by atoms with van der Waals surface area (Å²) in [4.78, 5) is 13.6. The van der Waals surface area contributed by atoms with Crippen LogP contribution in [-0.2, 0) is 20.1 Å². The van der Waals surface area contributed by atoms with Gasteiger partial charge in [0.2, 0.25) is 0 Å². The van der Waals surface area contributed by atoms with Crippen LogP contribution in [0.3, 0.4) is 0 Å². The van der Waals surface area contributed by atoms with Crippen LogP contribution in [0, 0.1) is 0 Å². The number of amides is 1. The maximum Gasteiger partial charge on any atom is 0.274 e. The van der Waals surface area contributed by atoms with Gasteiger partial charge in [-0.1, -0.05) is 30.3 Å². The molecule has 136 valence electrons. The number of nitrogens with one attached hydrogen (secondary N) is 1. The van der Waals surface area contributed by atoms with Gasteiger partial charge in [0.25, 0.3) is 5.91 Å². The first-order valence-electron chi connectivity index (χ1n) is 8.52. The Morgan fingerprint density at radius 1 is 1.12 bits per heavy atom. The summed E-state index contributed by atoms with van der Waals surface area (Å²) in [6.07, 6.45) is 2.13. The molecule has 3 N–H and O–H groups in total. The van der Waals surface area contributed by atoms with Gasteiger partial charge in [-0.25, -0.2) is 5.48 Å². The van der Waals surface area contributed by atoms with Gasteiger partial charge in [0.15, 0.2) is 0 Å². The maximum absolute atomic E-state index is 11.4. The zero-order valence-corrected chi connectivity index (χ0v) is 14.7. The van der Waals surface area contributed by atoms with Gasteiger partial charge in [0, 0.05) is 49.3 Å². The van der Waals surface area contributed by atoms with Crippen molar-refractivity contribution < 1.29 is 15.1 Å². The van der Waals surface area contributed by atoms with E-state index in [2.05, 4.69) is 27.8 Å². The molecule has 0 spiro atoms. The number of hydrogen-bond acceptors (Lipinski definition) is 4. The van der Waals surface area contributed by atoms with E-state index in [9.17, 15) is 9.90 Å². The van der Waals surface area contributed by atoms with Crippen molar-refractivity contribution in [1.29, 1.82) is 0 Å². The van der Waals surface area contributed by atoms with Gasteiger partial charge in [0.1, 0.15) is 0 Å². The number of aromatic nitrogens is 1. The predicted molar refractivity (Wildman–Crippen MR) is 99.8 cm³/mol. The number of nitrogens with zero attached hydrogens (tertiary/aromatic N) is 2. The van der Waals surface area contributed by atoms with Gasteiger partial charge >= 0.3 is 0 Å². The van der Waals surface area contributed by atoms with E-state index in [1.165, 1.54) is 16.5 Å². The largest absolute Gasteiger partial charge is 0.395 e. The number of fused-ring (bicyclic) bond motifs is 1. The SMILES string of the molecule is Cn1cc(CN(CCO)Cc2ccc(C(=O)NO)cc2)c2ccccc21. The van der Waals surface area contributed by atoms with Crippen LogP contribution in [0.5, 0.6) is 0 Å². The Morgan fingerprint density at radius 3 is 2.54 bits per heavy atom. The standard InChI is InChI=1S/C20H23N3O3/c1-22-13-17(18-4-2-3-5-19(18)22)14-23(10-11-24)12-15-6-8-16(9-7-15)20(25)21-26/h2-9,13,24,26H,10-12,14H2,1H3,(H,21,25). The smallest absolute Gasteiger partial charge is 0.274 e. The Balaban J connectivity index is 1.77. The van der Waals surface area contributed by atoms with Crippen LogP contribution >= 0.6 is 0 Å². The molecule has 0 saturated carbocycles. The number of carbonyl (C=O) groups excluding carboxylic acids is 1. The summed E-state index contributed by atoms with van der Waals surface area (Å²) in [7, 11) is 2.03. The molecule has 1 heterocycles. The highest BCUT2D eigenvalue weighted by atomic mass is 16.5. The summed E-state index contributed by atoms with van der Waals surface area (Å²) in [5.41, 5.74) is 5.47. The molecule has 0 unspecified atom stereocenters. The van der Waals surface area contributed by atoms with E-state index in [4.69, 9.17) is 5.21 Å². The number of aliphatic hydroxyl groups is 1. The van der Waals surface area contributed by atoms with Crippen LogP contribution in [0.2, 0.25) is 0 Å². The summed E-state index contributed by atoms with van der Waals surface area (Å²) in [5.74, 6) is -0.528. The average molecular weight is 353 g/mol. The lowest BCUT2D eigenvalue weighted by atomic mass is 10.1. The van der Waals surface area contributed by atoms with Crippen molar-refractivity contribution in [3.05, 3.63) is 71.4 Å². The molecule has 26 heavy (non-hydrogen) atoms. The predicted octanol–water partition coefficient (Wildman–Crippen LogP) is 2.29. The third kappa shape index (κ3) is 3.94. The second kappa shape index (κ2) is 8.14. The Morgan fingerprint density at radius 2 is 1.85 bits per heavy atom. The highest BCUT2D eigenvalue weighted by Crippen LogP contribution is 2.22. The van der Waals surface area contributed by atoms with Gasteiger partial charge in [0.05, 0.1) is 6.61 Å². The van der Waals surface area contributed by atoms with E-state index in [0.29, 0.717) is 18.7 Å². The normalized spacial score (nSPS) is 11.2. The van der Waals surface area contributed by atoms with Crippen LogP contribution in [0.1, 0.15) is 21.5 Å². The minimum Gasteiger partial charge on any atom is -0.395 e. The summed E-state index contributed by atoms with van der Waals surface area (Å²) in [6.45, 7) is 2.02. The molecule has 0 aliphatic heterocycles. The zero-order chi connectivity index (χ0) is 18.5. The molecule has 0 saturated heterocycles. The van der Waals surface area contributed by atoms with E-state index in [0.717, 1.165) is 12.1 Å². The number of para-hydroxylation sites is 1. The minimum atomic E-state index is -0.528. The topological polar surface area (TPSA) is 77.7 Å². The van der Waals surface area contributed by atoms with E-state index in [1.54, 1.807) is 17.6 Å². The highest BCUT2D eigenvalue weighted by Gasteiger charge is 2.12. The van der Waals surface area contributed by atoms with Crippen molar-refractivity contribution in [3.8, 4) is 0 Å². The quantitative estimate of drug-likeness (QED) is 0.450. The molecule has 1 aromatic heterocycles. The fourth-order valence-corrected chi connectivity index (χ4v) is 3.23. The molecule has 0 atom stereocenters. The third-order valence-corrected chi connectivity index (χ3v) is 4.51. The Kier molecular flexibility index (Phi) is 5.68. The van der Waals surface area contributed by atoms with E-state index >= 15 is 0 Å². The first-order chi connectivity index (χ1) is 12.6. The summed E-state index contributed by atoms with van der Waals surface area (Å²) in [5, 5.41) is 19.3. The molecule has 3 aromatic rings. The zero-order valence-electron chi connectivity index (χ0n) is 14.7. The lowest BCUT2D eigenvalue weighted by Gasteiger charge is -2.21. The average Bonchev–Trinajstić information content (AvgIpc) is 2.98. The Labute approximate surface area is 152 Å². The van der Waals surface area contributed by atoms with Crippen LogP contribution in [0.4, 0.5) is 0 Å². The lowest BCUT2D eigenvalue weighted by molar-refractivity contribution is 0.0706. The van der Waals surface area contributed by atoms with Crippen LogP contribution in [0.15, 0.2) is 54.7 Å². The fourth-order valence-electron chi connectivity index (χ4n) is 3.23. The molecule has 0 radical (unpaired) electrons. The number of carbonyl (C=O) groups is 1. The molecule has 3 rings (SSSR count). The number of rotatable bonds is 7. The second-order valence-electron chi connectivity index (χ2n) is 6.35. The first-order valence-corrected chi connectivity index (χ1v) is 8.52. The van der Waals surface area contributed by atoms with E-state index < -0.39 is 5.91 Å². The highest BCUT2D eigenvalue weighted by molar-refractivity contribution is 5.93. The van der Waals surface area contributed by atoms with Crippen LogP contribution in [-0.4, -0.2) is 38.8 Å². The molecular formula is C20H23N3O3. The van der Waals surface area contributed by atoms with Gasteiger partial charge in [-0.3, -0.25) is 14.9 Å². The number of hydrogen-bond donors (Lipinski definition) is 3. The van der Waals surface area contributed by atoms with Gasteiger partial charge in [-0.2, -0.15) is 0 Å². The summed E-state index contributed by atoms with van der Waals surface area (Å²) < 4.78 is 2.12. The molecule has 0 bridgehead atoms. The fraction of sp³-hybridized carbons (Fsp3) is 0.250. The number of hydroxylamine groups is 1. The van der Waals surface area contributed by atoms with Gasteiger partial charge in [-0.05, 0) is 29.3 Å². The molecule has 0 aliphatic carbocycles. The van der Waals surface area contributed by atoms with Crippen molar-refractivity contribution in [3.63, 3.8) is 0 Å². The first kappa shape index (κ1) is 18.1. The van der Waals surface area contributed by atoms with Crippen molar-refractivity contribution in [1.82, 2.24) is 14.9 Å². The van der Waals surface area contributed by atoms with Crippen LogP contribution < -0.4 is 5.48 Å². The Bertz CT molecular complexity index is 887. The molecule has 6 nitrogen and oxygen atoms in total. The molecule has 0 fully saturated rings. The van der Waals surface area contributed by atoms with E-state index in [-0.39, 0.29) is 6.61 Å².